The SMILES string of the molecule is CCc1occc1C(Cc1ccc(F)cc1Br)NN. The molecule has 0 bridgehead atoms. The second-order valence-electron chi connectivity index (χ2n) is 4.31. The van der Waals surface area contributed by atoms with Gasteiger partial charge < -0.3 is 4.42 Å². The van der Waals surface area contributed by atoms with Crippen LogP contribution in [-0.4, -0.2) is 0 Å². The first-order valence-corrected chi connectivity index (χ1v) is 6.91. The zero-order chi connectivity index (χ0) is 13.8. The van der Waals surface area contributed by atoms with Gasteiger partial charge in [-0.05, 0) is 30.2 Å². The topological polar surface area (TPSA) is 51.2 Å². The number of nitrogens with two attached hydrogens (primary N) is 1. The maximum absolute atomic E-state index is 13.1. The van der Waals surface area contributed by atoms with Crippen LogP contribution >= 0.6 is 15.9 Å². The van der Waals surface area contributed by atoms with Crippen molar-refractivity contribution in [1.29, 1.82) is 0 Å². The third-order valence-electron chi connectivity index (χ3n) is 3.12. The number of halogens is 2. The first-order chi connectivity index (χ1) is 9.15. The Labute approximate surface area is 120 Å². The van der Waals surface area contributed by atoms with Gasteiger partial charge in [0.2, 0.25) is 0 Å². The van der Waals surface area contributed by atoms with E-state index in [1.807, 2.05) is 13.0 Å². The summed E-state index contributed by atoms with van der Waals surface area (Å²) in [4.78, 5) is 0. The van der Waals surface area contributed by atoms with E-state index in [1.165, 1.54) is 12.1 Å². The van der Waals surface area contributed by atoms with E-state index in [9.17, 15) is 4.39 Å². The van der Waals surface area contributed by atoms with E-state index >= 15 is 0 Å². The Morgan fingerprint density at radius 3 is 2.84 bits per heavy atom. The number of aryl methyl sites for hydroxylation is 1. The van der Waals surface area contributed by atoms with E-state index in [0.29, 0.717) is 6.42 Å². The predicted molar refractivity (Wildman–Crippen MR) is 76.0 cm³/mol. The molecule has 0 aliphatic carbocycles. The van der Waals surface area contributed by atoms with Crippen LogP contribution in [0.25, 0.3) is 0 Å². The Morgan fingerprint density at radius 1 is 1.42 bits per heavy atom. The Morgan fingerprint density at radius 2 is 2.21 bits per heavy atom. The summed E-state index contributed by atoms with van der Waals surface area (Å²) >= 11 is 3.37. The van der Waals surface area contributed by atoms with Gasteiger partial charge in [-0.3, -0.25) is 11.3 Å². The van der Waals surface area contributed by atoms with Crippen molar-refractivity contribution in [2.24, 2.45) is 5.84 Å². The lowest BCUT2D eigenvalue weighted by atomic mass is 9.99. The maximum Gasteiger partial charge on any atom is 0.124 e. The Hall–Kier alpha value is -1.17. The summed E-state index contributed by atoms with van der Waals surface area (Å²) in [5, 5.41) is 0. The standard InChI is InChI=1S/C14H16BrFN2O/c1-2-14-11(5-6-19-14)13(18-17)7-9-3-4-10(16)8-12(9)15/h3-6,8,13,18H,2,7,17H2,1H3. The van der Waals surface area contributed by atoms with Crippen molar-refractivity contribution in [3.8, 4) is 0 Å². The molecule has 1 atom stereocenters. The fourth-order valence-corrected chi connectivity index (χ4v) is 2.63. The Balaban J connectivity index is 2.24. The second kappa shape index (κ2) is 6.32. The number of hydrogen-bond acceptors (Lipinski definition) is 3. The van der Waals surface area contributed by atoms with E-state index < -0.39 is 0 Å². The highest BCUT2D eigenvalue weighted by molar-refractivity contribution is 9.10. The number of hydrogen-bond donors (Lipinski definition) is 2. The molecule has 1 aromatic carbocycles. The van der Waals surface area contributed by atoms with E-state index in [2.05, 4.69) is 21.4 Å². The van der Waals surface area contributed by atoms with Crippen LogP contribution in [0.1, 0.15) is 29.9 Å². The van der Waals surface area contributed by atoms with Gasteiger partial charge in [0.1, 0.15) is 11.6 Å². The highest BCUT2D eigenvalue weighted by atomic mass is 79.9. The van der Waals surface area contributed by atoms with E-state index in [4.69, 9.17) is 10.3 Å². The molecule has 3 nitrogen and oxygen atoms in total. The maximum atomic E-state index is 13.1. The lowest BCUT2D eigenvalue weighted by Gasteiger charge is -2.16. The van der Waals surface area contributed by atoms with Crippen molar-refractivity contribution in [3.05, 3.63) is 57.7 Å². The van der Waals surface area contributed by atoms with E-state index in [0.717, 1.165) is 27.8 Å². The molecule has 5 heteroatoms. The molecule has 1 aromatic heterocycles. The Kier molecular flexibility index (Phi) is 4.74. The summed E-state index contributed by atoms with van der Waals surface area (Å²) in [7, 11) is 0. The lowest BCUT2D eigenvalue weighted by Crippen LogP contribution is -2.30. The van der Waals surface area contributed by atoms with Gasteiger partial charge in [-0.2, -0.15) is 0 Å². The smallest absolute Gasteiger partial charge is 0.124 e. The molecule has 0 aliphatic heterocycles. The molecule has 19 heavy (non-hydrogen) atoms. The average molecular weight is 327 g/mol. The van der Waals surface area contributed by atoms with Crippen molar-refractivity contribution < 1.29 is 8.81 Å². The van der Waals surface area contributed by atoms with Gasteiger partial charge in [0, 0.05) is 16.5 Å². The van der Waals surface area contributed by atoms with Crippen LogP contribution in [0.4, 0.5) is 4.39 Å². The van der Waals surface area contributed by atoms with Gasteiger partial charge in [0.25, 0.3) is 0 Å². The molecule has 0 fully saturated rings. The number of benzene rings is 1. The minimum absolute atomic E-state index is 0.0598. The van der Waals surface area contributed by atoms with Gasteiger partial charge in [-0.25, -0.2) is 4.39 Å². The summed E-state index contributed by atoms with van der Waals surface area (Å²) in [6.07, 6.45) is 3.13. The van der Waals surface area contributed by atoms with E-state index in [-0.39, 0.29) is 11.9 Å². The van der Waals surface area contributed by atoms with Gasteiger partial charge in [0.05, 0.1) is 12.3 Å². The molecule has 0 spiro atoms. The normalized spacial score (nSPS) is 12.6. The first kappa shape index (κ1) is 14.2. The third-order valence-corrected chi connectivity index (χ3v) is 3.85. The van der Waals surface area contributed by atoms with Crippen molar-refractivity contribution in [1.82, 2.24) is 5.43 Å². The van der Waals surface area contributed by atoms with Crippen LogP contribution in [0, 0.1) is 5.82 Å². The number of furan rings is 1. The molecule has 3 N–H and O–H groups in total. The monoisotopic (exact) mass is 326 g/mol. The van der Waals surface area contributed by atoms with Crippen molar-refractivity contribution in [2.75, 3.05) is 0 Å². The molecular formula is C14H16BrFN2O. The molecule has 2 aromatic rings. The summed E-state index contributed by atoms with van der Waals surface area (Å²) in [6, 6.07) is 6.52. The van der Waals surface area contributed by atoms with Crippen LogP contribution < -0.4 is 11.3 Å². The first-order valence-electron chi connectivity index (χ1n) is 6.12. The molecule has 0 aliphatic rings. The number of hydrazine groups is 1. The second-order valence-corrected chi connectivity index (χ2v) is 5.17. The summed E-state index contributed by atoms with van der Waals surface area (Å²) in [5.74, 6) is 6.29. The zero-order valence-electron chi connectivity index (χ0n) is 10.6. The van der Waals surface area contributed by atoms with Crippen LogP contribution in [0.15, 0.2) is 39.4 Å². The molecule has 2 rings (SSSR count). The molecule has 102 valence electrons. The van der Waals surface area contributed by atoms with Crippen LogP contribution in [0.5, 0.6) is 0 Å². The third kappa shape index (κ3) is 3.23. The zero-order valence-corrected chi connectivity index (χ0v) is 12.2. The molecule has 1 heterocycles. The van der Waals surface area contributed by atoms with Gasteiger partial charge in [-0.15, -0.1) is 0 Å². The van der Waals surface area contributed by atoms with Crippen LogP contribution in [0.3, 0.4) is 0 Å². The fourth-order valence-electron chi connectivity index (χ4n) is 2.11. The minimum atomic E-state index is -0.259. The molecule has 0 saturated heterocycles. The molecule has 0 radical (unpaired) electrons. The average Bonchev–Trinajstić information content (AvgIpc) is 2.86. The molecule has 0 amide bonds. The fraction of sp³-hybridized carbons (Fsp3) is 0.286. The summed E-state index contributed by atoms with van der Waals surface area (Å²) < 4.78 is 19.2. The lowest BCUT2D eigenvalue weighted by molar-refractivity contribution is 0.487. The van der Waals surface area contributed by atoms with E-state index in [1.54, 1.807) is 12.3 Å². The highest BCUT2D eigenvalue weighted by Gasteiger charge is 2.17. The highest BCUT2D eigenvalue weighted by Crippen LogP contribution is 2.27. The quantitative estimate of drug-likeness (QED) is 0.653. The van der Waals surface area contributed by atoms with Crippen molar-refractivity contribution in [3.63, 3.8) is 0 Å². The molecule has 0 saturated carbocycles. The van der Waals surface area contributed by atoms with Gasteiger partial charge in [-0.1, -0.05) is 28.9 Å². The predicted octanol–water partition coefficient (Wildman–Crippen LogP) is 3.49. The number of rotatable bonds is 5. The van der Waals surface area contributed by atoms with Crippen molar-refractivity contribution >= 4 is 15.9 Å². The van der Waals surface area contributed by atoms with Crippen LogP contribution in [0.2, 0.25) is 0 Å². The molecule has 1 unspecified atom stereocenters. The minimum Gasteiger partial charge on any atom is -0.469 e. The molecular weight excluding hydrogens is 311 g/mol. The van der Waals surface area contributed by atoms with Crippen molar-refractivity contribution in [2.45, 2.75) is 25.8 Å². The summed E-state index contributed by atoms with van der Waals surface area (Å²) in [5.41, 5.74) is 4.83. The van der Waals surface area contributed by atoms with Gasteiger partial charge in [0.15, 0.2) is 0 Å². The number of nitrogens with one attached hydrogen (secondary N) is 1. The van der Waals surface area contributed by atoms with Crippen LogP contribution in [-0.2, 0) is 12.8 Å². The Bertz CT molecular complexity index is 556. The van der Waals surface area contributed by atoms with Gasteiger partial charge >= 0.3 is 0 Å². The largest absolute Gasteiger partial charge is 0.469 e. The summed E-state index contributed by atoms with van der Waals surface area (Å²) in [6.45, 7) is 2.03.